The first-order valence-corrected chi connectivity index (χ1v) is 6.78. The topological polar surface area (TPSA) is 52.6 Å². The molecule has 1 aromatic carbocycles. The average molecular weight is 339 g/mol. The van der Waals surface area contributed by atoms with E-state index in [2.05, 4.69) is 28.2 Å². The van der Waals surface area contributed by atoms with E-state index in [1.54, 1.807) is 25.1 Å². The minimum absolute atomic E-state index is 0.0696. The van der Waals surface area contributed by atoms with Crippen molar-refractivity contribution >= 4 is 27.9 Å². The van der Waals surface area contributed by atoms with Gasteiger partial charge in [0.05, 0.1) is 6.61 Å². The number of carbonyl (C=O) groups is 2. The lowest BCUT2D eigenvalue weighted by Gasteiger charge is -2.18. The zero-order valence-electron chi connectivity index (χ0n) is 11.3. The van der Waals surface area contributed by atoms with Gasteiger partial charge in [-0.1, -0.05) is 34.6 Å². The Morgan fingerprint density at radius 2 is 2.15 bits per heavy atom. The standard InChI is InChI=1S/C15H15BrO4/c1-4-13(15(18)19-5-2)14(20-10(3)17)11-7-6-8-12(16)9-11/h6-9,14H,1,5H2,2-3H3. The summed E-state index contributed by atoms with van der Waals surface area (Å²) in [5.74, 6) is -1.11. The summed E-state index contributed by atoms with van der Waals surface area (Å²) >= 11 is 3.33. The monoisotopic (exact) mass is 338 g/mol. The van der Waals surface area contributed by atoms with Gasteiger partial charge in [0.1, 0.15) is 5.57 Å². The fraction of sp³-hybridized carbons (Fsp3) is 0.267. The molecule has 0 saturated carbocycles. The fourth-order valence-corrected chi connectivity index (χ4v) is 2.03. The van der Waals surface area contributed by atoms with Gasteiger partial charge in [0.2, 0.25) is 0 Å². The molecule has 0 amide bonds. The van der Waals surface area contributed by atoms with Crippen molar-refractivity contribution in [3.05, 3.63) is 52.2 Å². The highest BCUT2D eigenvalue weighted by Gasteiger charge is 2.26. The van der Waals surface area contributed by atoms with Gasteiger partial charge in [-0.15, -0.1) is 5.73 Å². The van der Waals surface area contributed by atoms with Gasteiger partial charge in [0, 0.05) is 11.4 Å². The molecule has 1 rings (SSSR count). The van der Waals surface area contributed by atoms with Gasteiger partial charge in [0.15, 0.2) is 6.10 Å². The number of hydrogen-bond acceptors (Lipinski definition) is 4. The van der Waals surface area contributed by atoms with Crippen LogP contribution in [0.4, 0.5) is 0 Å². The minimum Gasteiger partial charge on any atom is -0.462 e. The molecule has 106 valence electrons. The number of halogens is 1. The van der Waals surface area contributed by atoms with Crippen LogP contribution in [0, 0.1) is 0 Å². The number of carbonyl (C=O) groups excluding carboxylic acids is 2. The Kier molecular flexibility index (Phi) is 6.22. The van der Waals surface area contributed by atoms with Crippen molar-refractivity contribution in [3.8, 4) is 0 Å². The zero-order valence-corrected chi connectivity index (χ0v) is 12.9. The van der Waals surface area contributed by atoms with Gasteiger partial charge >= 0.3 is 11.9 Å². The van der Waals surface area contributed by atoms with Crippen LogP contribution in [0.2, 0.25) is 0 Å². The number of esters is 2. The Hall–Kier alpha value is -1.84. The van der Waals surface area contributed by atoms with Crippen LogP contribution in [0.25, 0.3) is 0 Å². The highest BCUT2D eigenvalue weighted by atomic mass is 79.9. The number of ether oxygens (including phenoxy) is 2. The third kappa shape index (κ3) is 4.37. The molecule has 1 aromatic rings. The van der Waals surface area contributed by atoms with Crippen LogP contribution in [0.15, 0.2) is 46.6 Å². The molecular formula is C15H15BrO4. The van der Waals surface area contributed by atoms with Crippen LogP contribution >= 0.6 is 15.9 Å². The van der Waals surface area contributed by atoms with Gasteiger partial charge in [-0.05, 0) is 24.6 Å². The summed E-state index contributed by atoms with van der Waals surface area (Å²) in [4.78, 5) is 23.2. The van der Waals surface area contributed by atoms with Crippen molar-refractivity contribution in [1.82, 2.24) is 0 Å². The number of rotatable bonds is 5. The predicted molar refractivity (Wildman–Crippen MR) is 77.9 cm³/mol. The molecule has 1 unspecified atom stereocenters. The van der Waals surface area contributed by atoms with Crippen LogP contribution in [-0.4, -0.2) is 18.5 Å². The van der Waals surface area contributed by atoms with Gasteiger partial charge in [0.25, 0.3) is 0 Å². The van der Waals surface area contributed by atoms with Crippen molar-refractivity contribution in [1.29, 1.82) is 0 Å². The molecule has 4 nitrogen and oxygen atoms in total. The van der Waals surface area contributed by atoms with E-state index in [4.69, 9.17) is 9.47 Å². The van der Waals surface area contributed by atoms with Gasteiger partial charge in [-0.3, -0.25) is 4.79 Å². The molecule has 0 heterocycles. The first-order chi connectivity index (χ1) is 9.49. The van der Waals surface area contributed by atoms with E-state index in [1.807, 2.05) is 6.07 Å². The summed E-state index contributed by atoms with van der Waals surface area (Å²) in [5, 5.41) is 0. The van der Waals surface area contributed by atoms with E-state index >= 15 is 0 Å². The highest BCUT2D eigenvalue weighted by Crippen LogP contribution is 2.28. The molecule has 0 aliphatic rings. The first kappa shape index (κ1) is 16.2. The van der Waals surface area contributed by atoms with Crippen molar-refractivity contribution in [3.63, 3.8) is 0 Å². The summed E-state index contributed by atoms with van der Waals surface area (Å²) in [6, 6.07) is 7.11. The fourth-order valence-electron chi connectivity index (χ4n) is 1.61. The lowest BCUT2D eigenvalue weighted by atomic mass is 10.0. The van der Waals surface area contributed by atoms with Crippen LogP contribution in [0.5, 0.6) is 0 Å². The maximum Gasteiger partial charge on any atom is 0.346 e. The van der Waals surface area contributed by atoms with Crippen molar-refractivity contribution in [2.45, 2.75) is 20.0 Å². The van der Waals surface area contributed by atoms with Crippen molar-refractivity contribution in [2.75, 3.05) is 6.61 Å². The Morgan fingerprint density at radius 1 is 1.45 bits per heavy atom. The maximum atomic E-state index is 11.9. The third-order valence-corrected chi connectivity index (χ3v) is 2.88. The smallest absolute Gasteiger partial charge is 0.346 e. The van der Waals surface area contributed by atoms with Crippen molar-refractivity contribution < 1.29 is 19.1 Å². The van der Waals surface area contributed by atoms with E-state index in [0.29, 0.717) is 5.56 Å². The quantitative estimate of drug-likeness (QED) is 0.469. The number of hydrogen-bond donors (Lipinski definition) is 0. The SMILES string of the molecule is C=C=C(C(=O)OCC)C(OC(C)=O)c1cccc(Br)c1. The van der Waals surface area contributed by atoms with Crippen LogP contribution in [0.1, 0.15) is 25.5 Å². The lowest BCUT2D eigenvalue weighted by Crippen LogP contribution is -2.18. The van der Waals surface area contributed by atoms with E-state index in [9.17, 15) is 9.59 Å². The summed E-state index contributed by atoms with van der Waals surface area (Å²) in [7, 11) is 0. The number of benzene rings is 1. The summed E-state index contributed by atoms with van der Waals surface area (Å²) in [6.07, 6.45) is -0.887. The molecule has 5 heteroatoms. The molecule has 0 aliphatic heterocycles. The lowest BCUT2D eigenvalue weighted by molar-refractivity contribution is -0.147. The maximum absolute atomic E-state index is 11.9. The van der Waals surface area contributed by atoms with E-state index < -0.39 is 18.0 Å². The summed E-state index contributed by atoms with van der Waals surface area (Å²) in [5.41, 5.74) is 3.21. The Labute approximate surface area is 126 Å². The van der Waals surface area contributed by atoms with Gasteiger partial charge in [-0.2, -0.15) is 0 Å². The average Bonchev–Trinajstić information content (AvgIpc) is 2.38. The Balaban J connectivity index is 3.21. The molecule has 0 fully saturated rings. The third-order valence-electron chi connectivity index (χ3n) is 2.38. The molecule has 0 spiro atoms. The molecule has 0 saturated heterocycles. The first-order valence-electron chi connectivity index (χ1n) is 5.99. The highest BCUT2D eigenvalue weighted by molar-refractivity contribution is 9.10. The largest absolute Gasteiger partial charge is 0.462 e. The molecule has 0 N–H and O–H groups in total. The molecule has 0 aliphatic carbocycles. The van der Waals surface area contributed by atoms with E-state index in [-0.39, 0.29) is 12.2 Å². The second-order valence-corrected chi connectivity index (χ2v) is 4.77. The Morgan fingerprint density at radius 3 is 2.65 bits per heavy atom. The molecule has 0 aromatic heterocycles. The molecular weight excluding hydrogens is 324 g/mol. The Bertz CT molecular complexity index is 559. The molecule has 1 atom stereocenters. The molecule has 0 bridgehead atoms. The van der Waals surface area contributed by atoms with Gasteiger partial charge < -0.3 is 9.47 Å². The normalized spacial score (nSPS) is 11.2. The molecule has 0 radical (unpaired) electrons. The van der Waals surface area contributed by atoms with E-state index in [0.717, 1.165) is 4.47 Å². The predicted octanol–water partition coefficient (Wildman–Crippen LogP) is 3.33. The summed E-state index contributed by atoms with van der Waals surface area (Å²) in [6.45, 7) is 6.66. The van der Waals surface area contributed by atoms with Crippen LogP contribution in [0.3, 0.4) is 0 Å². The van der Waals surface area contributed by atoms with Crippen molar-refractivity contribution in [2.24, 2.45) is 0 Å². The second kappa shape index (κ2) is 7.68. The van der Waals surface area contributed by atoms with Crippen LogP contribution in [-0.2, 0) is 19.1 Å². The minimum atomic E-state index is -0.887. The molecule has 20 heavy (non-hydrogen) atoms. The van der Waals surface area contributed by atoms with Crippen LogP contribution < -0.4 is 0 Å². The zero-order chi connectivity index (χ0) is 15.1. The summed E-state index contributed by atoms with van der Waals surface area (Å²) < 4.78 is 10.9. The van der Waals surface area contributed by atoms with E-state index in [1.165, 1.54) is 6.92 Å². The van der Waals surface area contributed by atoms with Gasteiger partial charge in [-0.25, -0.2) is 4.79 Å². The second-order valence-electron chi connectivity index (χ2n) is 3.86.